The molecule has 162 valence electrons. The zero-order valence-corrected chi connectivity index (χ0v) is 18.4. The minimum Gasteiger partial charge on any atom is -0.481 e. The van der Waals surface area contributed by atoms with Crippen molar-refractivity contribution in [2.24, 2.45) is 29.6 Å². The average Bonchev–Trinajstić information content (AvgIpc) is 2.59. The Bertz CT molecular complexity index is 549. The standard InChI is InChI=1S/C23H40O5/c1-7-15(2)8-16(3)10-20(14-24)11-17(4)9-18(5)12-21(23(27)28)13-19(6)22(25)26/h9,12,15-17,19-20,24H,7-8,10-11,13-14H2,1-6H3,(H,25,26)(H,27,28)/b18-9+,21-12-/t15-,16+,17+,19-,20-/m1/s1. The van der Waals surface area contributed by atoms with Crippen molar-refractivity contribution in [2.45, 2.75) is 73.6 Å². The summed E-state index contributed by atoms with van der Waals surface area (Å²) >= 11 is 0. The molecule has 0 spiro atoms. The van der Waals surface area contributed by atoms with E-state index in [-0.39, 0.29) is 30.4 Å². The lowest BCUT2D eigenvalue weighted by atomic mass is 9.84. The van der Waals surface area contributed by atoms with Crippen LogP contribution < -0.4 is 0 Å². The summed E-state index contributed by atoms with van der Waals surface area (Å²) in [6.45, 7) is 12.3. The predicted molar refractivity (Wildman–Crippen MR) is 113 cm³/mol. The second kappa shape index (κ2) is 13.5. The molecule has 0 aromatic heterocycles. The number of aliphatic carboxylic acids is 2. The second-order valence-electron chi connectivity index (χ2n) is 8.68. The molecule has 5 atom stereocenters. The molecule has 0 bridgehead atoms. The Morgan fingerprint density at radius 2 is 1.57 bits per heavy atom. The molecule has 0 radical (unpaired) electrons. The van der Waals surface area contributed by atoms with Gasteiger partial charge in [-0.15, -0.1) is 0 Å². The number of aliphatic hydroxyl groups is 1. The van der Waals surface area contributed by atoms with Gasteiger partial charge in [0.2, 0.25) is 0 Å². The van der Waals surface area contributed by atoms with Crippen LogP contribution in [-0.2, 0) is 9.59 Å². The highest BCUT2D eigenvalue weighted by molar-refractivity contribution is 5.88. The first kappa shape index (κ1) is 26.4. The molecule has 0 aromatic rings. The molecule has 3 N–H and O–H groups in total. The van der Waals surface area contributed by atoms with E-state index in [9.17, 15) is 19.8 Å². The summed E-state index contributed by atoms with van der Waals surface area (Å²) in [6, 6.07) is 0. The van der Waals surface area contributed by atoms with Crippen LogP contribution in [0.1, 0.15) is 73.6 Å². The molecule has 0 heterocycles. The van der Waals surface area contributed by atoms with Gasteiger partial charge < -0.3 is 15.3 Å². The van der Waals surface area contributed by atoms with E-state index in [1.807, 2.05) is 13.0 Å². The minimum absolute atomic E-state index is 0.00335. The van der Waals surface area contributed by atoms with Gasteiger partial charge in [0.05, 0.1) is 5.92 Å². The molecular formula is C23H40O5. The zero-order valence-electron chi connectivity index (χ0n) is 18.4. The molecule has 0 rings (SSSR count). The van der Waals surface area contributed by atoms with Gasteiger partial charge in [-0.25, -0.2) is 4.79 Å². The normalized spacial score (nSPS) is 18.2. The molecule has 0 fully saturated rings. The van der Waals surface area contributed by atoms with E-state index in [0.717, 1.165) is 18.4 Å². The average molecular weight is 397 g/mol. The SMILES string of the molecule is CC[C@@H](C)C[C@H](C)C[C@@H](CO)C[C@@H](C)/C=C(C)/C=C(/C[C@@H](C)C(=O)O)C(=O)O. The highest BCUT2D eigenvalue weighted by Gasteiger charge is 2.19. The van der Waals surface area contributed by atoms with Crippen molar-refractivity contribution < 1.29 is 24.9 Å². The molecule has 0 aliphatic heterocycles. The van der Waals surface area contributed by atoms with Crippen LogP contribution in [0.2, 0.25) is 0 Å². The third-order valence-corrected chi connectivity index (χ3v) is 5.37. The molecular weight excluding hydrogens is 356 g/mol. The third kappa shape index (κ3) is 11.3. The van der Waals surface area contributed by atoms with Crippen molar-refractivity contribution in [2.75, 3.05) is 6.61 Å². The smallest absolute Gasteiger partial charge is 0.331 e. The van der Waals surface area contributed by atoms with Gasteiger partial charge >= 0.3 is 11.9 Å². The van der Waals surface area contributed by atoms with Crippen molar-refractivity contribution in [3.63, 3.8) is 0 Å². The molecule has 0 saturated carbocycles. The molecule has 0 aromatic carbocycles. The Labute approximate surface area is 170 Å². The van der Waals surface area contributed by atoms with Crippen LogP contribution in [0, 0.1) is 29.6 Å². The van der Waals surface area contributed by atoms with Crippen LogP contribution in [0.4, 0.5) is 0 Å². The Kier molecular flexibility index (Phi) is 12.8. The van der Waals surface area contributed by atoms with Gasteiger partial charge in [-0.3, -0.25) is 4.79 Å². The number of carbonyl (C=O) groups is 2. The quantitative estimate of drug-likeness (QED) is 0.279. The summed E-state index contributed by atoms with van der Waals surface area (Å²) in [4.78, 5) is 22.4. The molecule has 5 nitrogen and oxygen atoms in total. The number of carboxylic acids is 2. The van der Waals surface area contributed by atoms with E-state index in [1.54, 1.807) is 6.08 Å². The Morgan fingerprint density at radius 3 is 2.04 bits per heavy atom. The number of allylic oxidation sites excluding steroid dienone is 3. The first-order chi connectivity index (χ1) is 13.0. The maximum atomic E-state index is 11.4. The summed E-state index contributed by atoms with van der Waals surface area (Å²) < 4.78 is 0. The first-order valence-corrected chi connectivity index (χ1v) is 10.5. The first-order valence-electron chi connectivity index (χ1n) is 10.5. The van der Waals surface area contributed by atoms with E-state index in [4.69, 9.17) is 5.11 Å². The van der Waals surface area contributed by atoms with Crippen molar-refractivity contribution in [1.82, 2.24) is 0 Å². The summed E-state index contributed by atoms with van der Waals surface area (Å²) in [6.07, 6.45) is 7.75. The van der Waals surface area contributed by atoms with E-state index in [2.05, 4.69) is 27.7 Å². The van der Waals surface area contributed by atoms with E-state index in [1.165, 1.54) is 19.8 Å². The predicted octanol–water partition coefficient (Wildman–Crippen LogP) is 5.15. The number of aliphatic hydroxyl groups excluding tert-OH is 1. The maximum Gasteiger partial charge on any atom is 0.331 e. The Morgan fingerprint density at radius 1 is 0.964 bits per heavy atom. The van der Waals surface area contributed by atoms with E-state index in [0.29, 0.717) is 11.8 Å². The van der Waals surface area contributed by atoms with Crippen molar-refractivity contribution in [3.05, 3.63) is 23.3 Å². The summed E-state index contributed by atoms with van der Waals surface area (Å²) in [5.41, 5.74) is 0.920. The molecule has 5 heteroatoms. The zero-order chi connectivity index (χ0) is 21.9. The summed E-state index contributed by atoms with van der Waals surface area (Å²) in [5.74, 6) is -1.12. The van der Waals surface area contributed by atoms with Crippen LogP contribution in [-0.4, -0.2) is 33.9 Å². The lowest BCUT2D eigenvalue weighted by Gasteiger charge is -2.23. The number of hydrogen-bond donors (Lipinski definition) is 3. The highest BCUT2D eigenvalue weighted by atomic mass is 16.4. The Balaban J connectivity index is 4.96. The van der Waals surface area contributed by atoms with Crippen molar-refractivity contribution in [1.29, 1.82) is 0 Å². The lowest BCUT2D eigenvalue weighted by Crippen LogP contribution is -2.15. The number of rotatable bonds is 14. The van der Waals surface area contributed by atoms with E-state index < -0.39 is 17.9 Å². The minimum atomic E-state index is -1.08. The van der Waals surface area contributed by atoms with Crippen LogP contribution in [0.25, 0.3) is 0 Å². The molecule has 0 aliphatic carbocycles. The number of carboxylic acid groups (broad SMARTS) is 2. The van der Waals surface area contributed by atoms with Gasteiger partial charge in [-0.05, 0) is 62.4 Å². The second-order valence-corrected chi connectivity index (χ2v) is 8.68. The fourth-order valence-electron chi connectivity index (χ4n) is 3.75. The van der Waals surface area contributed by atoms with Crippen LogP contribution in [0.5, 0.6) is 0 Å². The van der Waals surface area contributed by atoms with E-state index >= 15 is 0 Å². The van der Waals surface area contributed by atoms with Gasteiger partial charge in [-0.2, -0.15) is 0 Å². The molecule has 0 amide bonds. The van der Waals surface area contributed by atoms with Gasteiger partial charge in [0.15, 0.2) is 0 Å². The van der Waals surface area contributed by atoms with Gasteiger partial charge in [0.25, 0.3) is 0 Å². The molecule has 28 heavy (non-hydrogen) atoms. The number of hydrogen-bond acceptors (Lipinski definition) is 3. The highest BCUT2D eigenvalue weighted by Crippen LogP contribution is 2.26. The molecule has 0 saturated heterocycles. The molecule has 0 aliphatic rings. The van der Waals surface area contributed by atoms with Crippen molar-refractivity contribution >= 4 is 11.9 Å². The maximum absolute atomic E-state index is 11.4. The topological polar surface area (TPSA) is 94.8 Å². The monoisotopic (exact) mass is 396 g/mol. The third-order valence-electron chi connectivity index (χ3n) is 5.37. The van der Waals surface area contributed by atoms with Gasteiger partial charge in [0, 0.05) is 12.2 Å². The Hall–Kier alpha value is -1.62. The van der Waals surface area contributed by atoms with Crippen LogP contribution in [0.3, 0.4) is 0 Å². The largest absolute Gasteiger partial charge is 0.481 e. The fourth-order valence-corrected chi connectivity index (χ4v) is 3.75. The van der Waals surface area contributed by atoms with Gasteiger partial charge in [0.1, 0.15) is 0 Å². The lowest BCUT2D eigenvalue weighted by molar-refractivity contribution is -0.141. The van der Waals surface area contributed by atoms with Crippen LogP contribution in [0.15, 0.2) is 23.3 Å². The molecule has 0 unspecified atom stereocenters. The summed E-state index contributed by atoms with van der Waals surface area (Å²) in [7, 11) is 0. The van der Waals surface area contributed by atoms with Crippen molar-refractivity contribution in [3.8, 4) is 0 Å². The summed E-state index contributed by atoms with van der Waals surface area (Å²) in [5, 5.41) is 28.1. The van der Waals surface area contributed by atoms with Gasteiger partial charge in [-0.1, -0.05) is 52.7 Å². The fraction of sp³-hybridized carbons (Fsp3) is 0.739. The van der Waals surface area contributed by atoms with Crippen LogP contribution >= 0.6 is 0 Å².